The molecule has 0 spiro atoms. The zero-order valence-corrected chi connectivity index (χ0v) is 9.77. The van der Waals surface area contributed by atoms with Crippen molar-refractivity contribution >= 4 is 29.0 Å². The maximum atomic E-state index is 5.43. The van der Waals surface area contributed by atoms with Gasteiger partial charge in [-0.15, -0.1) is 11.6 Å². The third-order valence-electron chi connectivity index (χ3n) is 0.955. The molecule has 11 heavy (non-hydrogen) atoms. The van der Waals surface area contributed by atoms with E-state index in [0.717, 1.165) is 30.7 Å². The van der Waals surface area contributed by atoms with Gasteiger partial charge in [0.15, 0.2) is 0 Å². The normalized spacial score (nSPS) is 6.73. The second kappa shape index (κ2) is 16.9. The van der Waals surface area contributed by atoms with E-state index in [-0.39, 0.29) is 32.2 Å². The Morgan fingerprint density at radius 3 is 2.00 bits per heavy atom. The Balaban J connectivity index is -0.0000000817. The van der Waals surface area contributed by atoms with Crippen LogP contribution < -0.4 is 0 Å². The predicted octanol–water partition coefficient (Wildman–Crippen LogP) is 3.29. The fourth-order valence-corrected chi connectivity index (χ4v) is 0.687. The van der Waals surface area contributed by atoms with Crippen molar-refractivity contribution in [3.63, 3.8) is 0 Å². The van der Waals surface area contributed by atoms with E-state index in [4.69, 9.17) is 18.2 Å². The van der Waals surface area contributed by atoms with Gasteiger partial charge in [-0.25, -0.2) is 0 Å². The Morgan fingerprint density at radius 1 is 1.27 bits per heavy atom. The first-order chi connectivity index (χ1) is 3.77. The van der Waals surface area contributed by atoms with Gasteiger partial charge >= 0.3 is 17.4 Å². The summed E-state index contributed by atoms with van der Waals surface area (Å²) in [6.45, 7) is 7.35. The van der Waals surface area contributed by atoms with Crippen molar-refractivity contribution in [2.75, 3.05) is 5.88 Å². The minimum atomic E-state index is 0. The summed E-state index contributed by atoms with van der Waals surface area (Å²) in [5.74, 6) is 0.757. The van der Waals surface area contributed by atoms with Crippen LogP contribution in [0.15, 0.2) is 5.57 Å². The summed E-state index contributed by atoms with van der Waals surface area (Å²) >= 11 is 5.43. The van der Waals surface area contributed by atoms with E-state index in [1.807, 2.05) is 6.92 Å². The van der Waals surface area contributed by atoms with E-state index in [1.165, 1.54) is 0 Å². The molecule has 0 fully saturated rings. The third-order valence-corrected chi connectivity index (χ3v) is 1.22. The number of hydrogen-bond donors (Lipinski definition) is 0. The summed E-state index contributed by atoms with van der Waals surface area (Å²) in [4.78, 5) is 0. The standard InChI is InChI=1S/C7H12Cl.2CH3.Al/c1-7(2)5-3-4-6-8;;;/h1H,3-6H2,2H3;2*1H3;/q3*-1;+3. The van der Waals surface area contributed by atoms with Crippen LogP contribution in [-0.2, 0) is 0 Å². The summed E-state index contributed by atoms with van der Waals surface area (Å²) in [5.41, 5.74) is 1.01. The molecule has 0 aliphatic rings. The van der Waals surface area contributed by atoms with Crippen molar-refractivity contribution in [1.29, 1.82) is 0 Å². The van der Waals surface area contributed by atoms with E-state index in [9.17, 15) is 0 Å². The van der Waals surface area contributed by atoms with Crippen LogP contribution in [0, 0.1) is 21.4 Å². The number of halogens is 1. The number of hydrogen-bond acceptors (Lipinski definition) is 0. The Morgan fingerprint density at radius 2 is 1.73 bits per heavy atom. The van der Waals surface area contributed by atoms with E-state index >= 15 is 0 Å². The minimum Gasteiger partial charge on any atom is -0.515 e. The van der Waals surface area contributed by atoms with Gasteiger partial charge in [0.2, 0.25) is 0 Å². The van der Waals surface area contributed by atoms with E-state index in [0.29, 0.717) is 0 Å². The summed E-state index contributed by atoms with van der Waals surface area (Å²) in [6.07, 6.45) is 3.23. The van der Waals surface area contributed by atoms with Crippen LogP contribution in [0.2, 0.25) is 0 Å². The summed E-state index contributed by atoms with van der Waals surface area (Å²) in [6, 6.07) is 0. The number of allylic oxidation sites excluding steroid dienone is 1. The van der Waals surface area contributed by atoms with Crippen molar-refractivity contribution in [3.8, 4) is 0 Å². The molecule has 2 heteroatoms. The molecule has 0 N–H and O–H groups in total. The molecule has 0 bridgehead atoms. The van der Waals surface area contributed by atoms with Crippen molar-refractivity contribution in [3.05, 3.63) is 27.0 Å². The van der Waals surface area contributed by atoms with E-state index in [1.54, 1.807) is 0 Å². The Hall–Kier alpha value is 0.562. The van der Waals surface area contributed by atoms with Crippen LogP contribution in [0.5, 0.6) is 0 Å². The maximum Gasteiger partial charge on any atom is 3.00 e. The molecule has 0 radical (unpaired) electrons. The zero-order chi connectivity index (χ0) is 6.41. The summed E-state index contributed by atoms with van der Waals surface area (Å²) in [7, 11) is 0. The fourth-order valence-electron chi connectivity index (χ4n) is 0.498. The molecule has 0 saturated heterocycles. The molecule has 0 aromatic carbocycles. The summed E-state index contributed by atoms with van der Waals surface area (Å²) in [5, 5.41) is 0. The average molecular weight is 189 g/mol. The Labute approximate surface area is 88.2 Å². The first-order valence-electron chi connectivity index (χ1n) is 2.91. The maximum absolute atomic E-state index is 5.43. The molecule has 0 rings (SSSR count). The molecular weight excluding hydrogens is 171 g/mol. The third kappa shape index (κ3) is 25.0. The molecule has 0 unspecified atom stereocenters. The number of alkyl halides is 1. The molecule has 0 saturated carbocycles. The molecule has 0 aromatic rings. The molecule has 0 heterocycles. The first kappa shape index (κ1) is 22.6. The number of rotatable bonds is 4. The largest absolute Gasteiger partial charge is 3.00 e. The van der Waals surface area contributed by atoms with Gasteiger partial charge in [0, 0.05) is 5.88 Å². The number of unbranched alkanes of at least 4 members (excludes halogenated alkanes) is 1. The second-order valence-corrected chi connectivity index (χ2v) is 2.37. The quantitative estimate of drug-likeness (QED) is 0.275. The Kier molecular flexibility index (Phi) is 34.6. The van der Waals surface area contributed by atoms with Crippen molar-refractivity contribution < 1.29 is 0 Å². The van der Waals surface area contributed by atoms with Crippen LogP contribution in [0.25, 0.3) is 0 Å². The van der Waals surface area contributed by atoms with Crippen molar-refractivity contribution in [1.82, 2.24) is 0 Å². The van der Waals surface area contributed by atoms with E-state index in [2.05, 4.69) is 0 Å². The first-order valence-corrected chi connectivity index (χ1v) is 3.44. The summed E-state index contributed by atoms with van der Waals surface area (Å²) < 4.78 is 0. The van der Waals surface area contributed by atoms with Crippen LogP contribution in [0.1, 0.15) is 26.2 Å². The molecular formula is C9H18AlCl. The molecule has 0 aliphatic carbocycles. The molecule has 0 aromatic heterocycles. The predicted molar refractivity (Wildman–Crippen MR) is 56.6 cm³/mol. The topological polar surface area (TPSA) is 0 Å². The van der Waals surface area contributed by atoms with Gasteiger partial charge in [-0.05, 0) is 6.42 Å². The molecule has 0 amide bonds. The van der Waals surface area contributed by atoms with Gasteiger partial charge in [-0.3, -0.25) is 5.57 Å². The van der Waals surface area contributed by atoms with Crippen molar-refractivity contribution in [2.24, 2.45) is 0 Å². The van der Waals surface area contributed by atoms with Gasteiger partial charge in [-0.1, -0.05) is 19.8 Å². The smallest absolute Gasteiger partial charge is 0.515 e. The SMILES string of the molecule is [Al+3].[CH-]=C(C)CCCCCl.[CH3-].[CH3-]. The fraction of sp³-hybridized carbons (Fsp3) is 0.556. The van der Waals surface area contributed by atoms with Crippen LogP contribution >= 0.6 is 11.6 Å². The van der Waals surface area contributed by atoms with Crippen LogP contribution in [0.4, 0.5) is 0 Å². The van der Waals surface area contributed by atoms with Gasteiger partial charge in [0.05, 0.1) is 0 Å². The average Bonchev–Trinajstić information content (AvgIpc) is 1.66. The monoisotopic (exact) mass is 188 g/mol. The molecule has 0 aliphatic heterocycles. The van der Waals surface area contributed by atoms with Crippen LogP contribution in [0.3, 0.4) is 0 Å². The minimum absolute atomic E-state index is 0. The van der Waals surface area contributed by atoms with Gasteiger partial charge < -0.3 is 21.4 Å². The van der Waals surface area contributed by atoms with Gasteiger partial charge in [-0.2, -0.15) is 0 Å². The van der Waals surface area contributed by atoms with Gasteiger partial charge in [0.25, 0.3) is 0 Å². The van der Waals surface area contributed by atoms with Crippen molar-refractivity contribution in [2.45, 2.75) is 26.2 Å². The zero-order valence-electron chi connectivity index (χ0n) is 7.86. The molecule has 0 atom stereocenters. The molecule has 64 valence electrons. The van der Waals surface area contributed by atoms with Gasteiger partial charge in [0.1, 0.15) is 0 Å². The second-order valence-electron chi connectivity index (χ2n) is 1.99. The van der Waals surface area contributed by atoms with E-state index < -0.39 is 0 Å². The molecule has 0 nitrogen and oxygen atoms in total. The Bertz CT molecular complexity index is 72.0. The van der Waals surface area contributed by atoms with Crippen LogP contribution in [-0.4, -0.2) is 23.2 Å².